The Morgan fingerprint density at radius 3 is 2.56 bits per heavy atom. The number of ketones is 1. The minimum atomic E-state index is -0.258. The number of nitrogens with one attached hydrogen (secondary N) is 1. The number of amides is 1. The lowest BCUT2D eigenvalue weighted by Crippen LogP contribution is -2.64. The minimum absolute atomic E-state index is 0.0633. The van der Waals surface area contributed by atoms with Crippen molar-refractivity contribution in [1.82, 2.24) is 5.32 Å². The number of carbonyl (C=O) groups is 2. The fourth-order valence-electron chi connectivity index (χ4n) is 7.06. The summed E-state index contributed by atoms with van der Waals surface area (Å²) in [5.41, 5.74) is 0.0650. The molecule has 0 aromatic heterocycles. The summed E-state index contributed by atoms with van der Waals surface area (Å²) in [7, 11) is 0. The molecule has 1 N–H and O–H groups in total. The molecule has 1 heterocycles. The van der Waals surface area contributed by atoms with Crippen LogP contribution >= 0.6 is 0 Å². The zero-order valence-corrected chi connectivity index (χ0v) is 15.6. The molecule has 0 aromatic rings. The van der Waals surface area contributed by atoms with Crippen LogP contribution in [0, 0.1) is 28.6 Å². The van der Waals surface area contributed by atoms with Crippen molar-refractivity contribution in [2.45, 2.75) is 89.9 Å². The summed E-state index contributed by atoms with van der Waals surface area (Å²) in [6.07, 6.45) is 9.46. The Morgan fingerprint density at radius 1 is 1.00 bits per heavy atom. The van der Waals surface area contributed by atoms with Crippen LogP contribution in [0.15, 0.2) is 0 Å². The highest BCUT2D eigenvalue weighted by Gasteiger charge is 2.61. The second-order valence-electron chi connectivity index (χ2n) is 9.97. The number of hydrogen-bond donors (Lipinski definition) is 1. The number of rotatable bonds is 2. The molecule has 5 fully saturated rings. The molecule has 1 amide bonds. The van der Waals surface area contributed by atoms with Gasteiger partial charge in [0.25, 0.3) is 0 Å². The standard InChI is InChI=1S/C21H31NO3/c1-20-10-9-15-13(14(20)6-8-18(20)23)5-7-17-21(15,2)11-16(19(24)22-17)25-12-3-4-12/h12-17H,3-11H2,1-2H3,(H,22,24)/t13-,14-,15-,16?,17+,20-,21+/m0/s1. The highest BCUT2D eigenvalue weighted by molar-refractivity contribution is 5.87. The molecule has 4 nitrogen and oxygen atoms in total. The number of fused-ring (bicyclic) bond motifs is 5. The summed E-state index contributed by atoms with van der Waals surface area (Å²) in [5.74, 6) is 2.47. The van der Waals surface area contributed by atoms with E-state index < -0.39 is 0 Å². The van der Waals surface area contributed by atoms with Gasteiger partial charge >= 0.3 is 0 Å². The minimum Gasteiger partial charge on any atom is -0.365 e. The molecule has 5 rings (SSSR count). The lowest BCUT2D eigenvalue weighted by molar-refractivity contribution is -0.159. The summed E-state index contributed by atoms with van der Waals surface area (Å²) in [6.45, 7) is 4.63. The highest BCUT2D eigenvalue weighted by Crippen LogP contribution is 2.63. The lowest BCUT2D eigenvalue weighted by Gasteiger charge is -2.60. The van der Waals surface area contributed by atoms with Gasteiger partial charge < -0.3 is 10.1 Å². The molecule has 0 radical (unpaired) electrons. The fourth-order valence-corrected chi connectivity index (χ4v) is 7.06. The van der Waals surface area contributed by atoms with Gasteiger partial charge in [0, 0.05) is 17.9 Å². The number of carbonyl (C=O) groups excluding carboxylic acids is 2. The number of Topliss-reactive ketones (excluding diaryl/α,β-unsaturated/α-hetero) is 1. The zero-order chi connectivity index (χ0) is 17.4. The second kappa shape index (κ2) is 5.31. The topological polar surface area (TPSA) is 55.4 Å². The van der Waals surface area contributed by atoms with Gasteiger partial charge in [-0.2, -0.15) is 0 Å². The molecular weight excluding hydrogens is 314 g/mol. The van der Waals surface area contributed by atoms with Crippen LogP contribution in [0.4, 0.5) is 0 Å². The number of ether oxygens (including phenoxy) is 1. The first-order valence-corrected chi connectivity index (χ1v) is 10.4. The van der Waals surface area contributed by atoms with E-state index in [4.69, 9.17) is 4.74 Å². The molecule has 0 spiro atoms. The van der Waals surface area contributed by atoms with E-state index in [2.05, 4.69) is 19.2 Å². The molecule has 7 atom stereocenters. The van der Waals surface area contributed by atoms with E-state index in [1.807, 2.05) is 0 Å². The van der Waals surface area contributed by atoms with Gasteiger partial charge in [-0.1, -0.05) is 13.8 Å². The van der Waals surface area contributed by atoms with Gasteiger partial charge in [-0.3, -0.25) is 9.59 Å². The van der Waals surface area contributed by atoms with Gasteiger partial charge in [0.05, 0.1) is 6.10 Å². The van der Waals surface area contributed by atoms with Crippen LogP contribution < -0.4 is 5.32 Å². The highest BCUT2D eigenvalue weighted by atomic mass is 16.5. The molecule has 0 aromatic carbocycles. The second-order valence-corrected chi connectivity index (χ2v) is 9.97. The van der Waals surface area contributed by atoms with Crippen molar-refractivity contribution in [3.63, 3.8) is 0 Å². The van der Waals surface area contributed by atoms with Crippen LogP contribution in [0.25, 0.3) is 0 Å². The molecule has 5 aliphatic rings. The van der Waals surface area contributed by atoms with Gasteiger partial charge in [-0.15, -0.1) is 0 Å². The van der Waals surface area contributed by atoms with Gasteiger partial charge in [0.15, 0.2) is 0 Å². The van der Waals surface area contributed by atoms with Gasteiger partial charge in [0.2, 0.25) is 5.91 Å². The van der Waals surface area contributed by atoms with Crippen molar-refractivity contribution in [3.05, 3.63) is 0 Å². The van der Waals surface area contributed by atoms with Crippen LogP contribution in [-0.2, 0) is 14.3 Å². The Bertz CT molecular complexity index is 614. The molecule has 1 aliphatic heterocycles. The third-order valence-electron chi connectivity index (χ3n) is 8.69. The summed E-state index contributed by atoms with van der Waals surface area (Å²) in [6, 6.07) is 0.293. The van der Waals surface area contributed by atoms with Gasteiger partial charge in [-0.05, 0) is 74.5 Å². The number of piperidine rings is 1. The maximum atomic E-state index is 12.5. The Hall–Kier alpha value is -0.900. The van der Waals surface area contributed by atoms with Crippen molar-refractivity contribution in [2.75, 3.05) is 0 Å². The first kappa shape index (κ1) is 16.3. The Balaban J connectivity index is 1.42. The van der Waals surface area contributed by atoms with Crippen molar-refractivity contribution >= 4 is 11.7 Å². The lowest BCUT2D eigenvalue weighted by atomic mass is 9.47. The molecule has 0 bridgehead atoms. The van der Waals surface area contributed by atoms with E-state index in [1.165, 1.54) is 6.42 Å². The molecule has 4 aliphatic carbocycles. The average molecular weight is 345 g/mol. The normalized spacial score (nSPS) is 52.2. The SMILES string of the molecule is C[C@]12CC(OC3CC3)C(=O)N[C@@H]1CC[C@@H]1[C@@H]2CC[C@]2(C)C(=O)CC[C@@H]12. The van der Waals surface area contributed by atoms with Gasteiger partial charge in [0.1, 0.15) is 11.9 Å². The van der Waals surface area contributed by atoms with Crippen molar-refractivity contribution in [1.29, 1.82) is 0 Å². The monoisotopic (exact) mass is 345 g/mol. The maximum absolute atomic E-state index is 12.5. The predicted octanol–water partition coefficient (Wildman–Crippen LogP) is 3.23. The molecule has 1 unspecified atom stereocenters. The Labute approximate surface area is 150 Å². The quantitative estimate of drug-likeness (QED) is 0.836. The molecule has 138 valence electrons. The van der Waals surface area contributed by atoms with Crippen LogP contribution in [0.3, 0.4) is 0 Å². The summed E-state index contributed by atoms with van der Waals surface area (Å²) < 4.78 is 6.07. The summed E-state index contributed by atoms with van der Waals surface area (Å²) >= 11 is 0. The molecule has 4 saturated carbocycles. The zero-order valence-electron chi connectivity index (χ0n) is 15.6. The van der Waals surface area contributed by atoms with Crippen LogP contribution in [0.5, 0.6) is 0 Å². The summed E-state index contributed by atoms with van der Waals surface area (Å²) in [5, 5.41) is 3.32. The molecule has 25 heavy (non-hydrogen) atoms. The van der Waals surface area contributed by atoms with E-state index in [0.29, 0.717) is 35.7 Å². The largest absolute Gasteiger partial charge is 0.365 e. The van der Waals surface area contributed by atoms with E-state index >= 15 is 0 Å². The van der Waals surface area contributed by atoms with Gasteiger partial charge in [-0.25, -0.2) is 0 Å². The maximum Gasteiger partial charge on any atom is 0.249 e. The van der Waals surface area contributed by atoms with Crippen molar-refractivity contribution < 1.29 is 14.3 Å². The van der Waals surface area contributed by atoms with E-state index in [-0.39, 0.29) is 22.8 Å². The molecule has 4 heteroatoms. The predicted molar refractivity (Wildman–Crippen MR) is 93.8 cm³/mol. The van der Waals surface area contributed by atoms with E-state index in [9.17, 15) is 9.59 Å². The van der Waals surface area contributed by atoms with Crippen molar-refractivity contribution in [2.24, 2.45) is 28.6 Å². The van der Waals surface area contributed by atoms with E-state index in [1.54, 1.807) is 0 Å². The first-order chi connectivity index (χ1) is 11.9. The third-order valence-corrected chi connectivity index (χ3v) is 8.69. The Kier molecular flexibility index (Phi) is 3.46. The number of hydrogen-bond acceptors (Lipinski definition) is 3. The first-order valence-electron chi connectivity index (χ1n) is 10.4. The Morgan fingerprint density at radius 2 is 1.80 bits per heavy atom. The van der Waals surface area contributed by atoms with E-state index in [0.717, 1.165) is 51.4 Å². The van der Waals surface area contributed by atoms with Crippen molar-refractivity contribution in [3.8, 4) is 0 Å². The average Bonchev–Trinajstić information content (AvgIpc) is 3.33. The third kappa shape index (κ3) is 2.28. The molecular formula is C21H31NO3. The fraction of sp³-hybridized carbons (Fsp3) is 0.905. The smallest absolute Gasteiger partial charge is 0.249 e. The summed E-state index contributed by atoms with van der Waals surface area (Å²) in [4.78, 5) is 25.0. The molecule has 1 saturated heterocycles. The van der Waals surface area contributed by atoms with Crippen LogP contribution in [0.2, 0.25) is 0 Å². The van der Waals surface area contributed by atoms with Crippen LogP contribution in [-0.4, -0.2) is 29.9 Å². The van der Waals surface area contributed by atoms with Crippen LogP contribution in [0.1, 0.15) is 71.6 Å².